The van der Waals surface area contributed by atoms with Crippen molar-refractivity contribution in [3.05, 3.63) is 0 Å². The number of rotatable bonds is 8. The Kier molecular flexibility index (Phi) is 7.49. The summed E-state index contributed by atoms with van der Waals surface area (Å²) in [5.41, 5.74) is 7.18. The first-order valence-electron chi connectivity index (χ1n) is 5.82. The van der Waals surface area contributed by atoms with E-state index < -0.39 is 5.60 Å². The van der Waals surface area contributed by atoms with Crippen molar-refractivity contribution in [1.29, 1.82) is 0 Å². The fraction of sp³-hybridized carbons (Fsp3) is 0.818. The van der Waals surface area contributed by atoms with Gasteiger partial charge in [-0.15, -0.1) is 5.17 Å². The van der Waals surface area contributed by atoms with Crippen molar-refractivity contribution in [2.24, 2.45) is 5.73 Å². The first kappa shape index (κ1) is 15.9. The van der Waals surface area contributed by atoms with E-state index in [4.69, 9.17) is 10.6 Å². The summed E-state index contributed by atoms with van der Waals surface area (Å²) in [6, 6.07) is 0. The second-order valence-electron chi connectivity index (χ2n) is 4.77. The molecule has 0 fully saturated rings. The Morgan fingerprint density at radius 2 is 2.00 bits per heavy atom. The molecule has 17 heavy (non-hydrogen) atoms. The second kappa shape index (κ2) is 8.03. The third-order valence-electron chi connectivity index (χ3n) is 1.81. The number of nitrogens with one attached hydrogen (secondary N) is 1. The predicted octanol–water partition coefficient (Wildman–Crippen LogP) is 0.725. The molecule has 0 spiro atoms. The van der Waals surface area contributed by atoms with E-state index in [1.54, 1.807) is 20.8 Å². The van der Waals surface area contributed by atoms with Gasteiger partial charge < -0.3 is 5.73 Å². The average Bonchev–Trinajstić information content (AvgIpc) is 2.21. The lowest BCUT2D eigenvalue weighted by Gasteiger charge is -2.26. The van der Waals surface area contributed by atoms with Gasteiger partial charge >= 0.3 is 0 Å². The van der Waals surface area contributed by atoms with Crippen LogP contribution < -0.4 is 11.2 Å². The number of carbonyl (C=O) groups is 2. The number of hydrogen-bond donors (Lipinski definition) is 2. The molecule has 0 aromatic carbocycles. The molecule has 6 heteroatoms. The molecule has 0 heterocycles. The van der Waals surface area contributed by atoms with Gasteiger partial charge in [-0.05, 0) is 40.2 Å². The summed E-state index contributed by atoms with van der Waals surface area (Å²) in [5, 5.41) is 0.811. The molecule has 2 amide bonds. The molecule has 0 aromatic heterocycles. The van der Waals surface area contributed by atoms with Crippen LogP contribution in [0.25, 0.3) is 0 Å². The van der Waals surface area contributed by atoms with Crippen LogP contribution in [0.1, 0.15) is 46.5 Å². The van der Waals surface area contributed by atoms with Crippen molar-refractivity contribution in [2.75, 3.05) is 6.54 Å². The normalized spacial score (nSPS) is 11.1. The van der Waals surface area contributed by atoms with Crippen LogP contribution in [0.2, 0.25) is 0 Å². The van der Waals surface area contributed by atoms with Crippen LogP contribution in [-0.2, 0) is 14.4 Å². The Morgan fingerprint density at radius 3 is 2.47 bits per heavy atom. The Bertz CT molecular complexity index is 239. The Morgan fingerprint density at radius 1 is 1.35 bits per heavy atom. The van der Waals surface area contributed by atoms with Crippen LogP contribution >= 0.6 is 0 Å². The van der Waals surface area contributed by atoms with Gasteiger partial charge in [0.2, 0.25) is 5.91 Å². The third-order valence-corrected chi connectivity index (χ3v) is 1.81. The quantitative estimate of drug-likeness (QED) is 0.375. The van der Waals surface area contributed by atoms with Crippen molar-refractivity contribution >= 4 is 12.3 Å². The van der Waals surface area contributed by atoms with Gasteiger partial charge in [0, 0.05) is 6.42 Å². The summed E-state index contributed by atoms with van der Waals surface area (Å²) >= 11 is 0. The summed E-state index contributed by atoms with van der Waals surface area (Å²) in [4.78, 5) is 27.3. The first-order valence-corrected chi connectivity index (χ1v) is 5.82. The zero-order chi connectivity index (χ0) is 13.3. The van der Waals surface area contributed by atoms with E-state index in [2.05, 4.69) is 5.43 Å². The van der Waals surface area contributed by atoms with Gasteiger partial charge in [0.05, 0.1) is 5.60 Å². The monoisotopic (exact) mass is 245 g/mol. The highest BCUT2D eigenvalue weighted by atomic mass is 16.7. The summed E-state index contributed by atoms with van der Waals surface area (Å²) in [6.45, 7) is 6.00. The third kappa shape index (κ3) is 9.77. The van der Waals surface area contributed by atoms with Crippen molar-refractivity contribution < 1.29 is 14.4 Å². The average molecular weight is 245 g/mol. The lowest BCUT2D eigenvalue weighted by molar-refractivity contribution is -0.237. The predicted molar refractivity (Wildman–Crippen MR) is 64.4 cm³/mol. The van der Waals surface area contributed by atoms with Crippen LogP contribution in [0.4, 0.5) is 0 Å². The maximum absolute atomic E-state index is 11.4. The number of hydrogen-bond acceptors (Lipinski definition) is 4. The lowest BCUT2D eigenvalue weighted by Crippen LogP contribution is -2.45. The molecule has 0 saturated heterocycles. The van der Waals surface area contributed by atoms with Gasteiger partial charge in [0.1, 0.15) is 0 Å². The number of hydroxylamine groups is 1. The molecule has 0 bridgehead atoms. The summed E-state index contributed by atoms with van der Waals surface area (Å²) in [7, 11) is 0. The summed E-state index contributed by atoms with van der Waals surface area (Å²) in [5.74, 6) is -0.238. The van der Waals surface area contributed by atoms with E-state index >= 15 is 0 Å². The zero-order valence-corrected chi connectivity index (χ0v) is 10.9. The maximum atomic E-state index is 11.4. The molecule has 6 nitrogen and oxygen atoms in total. The molecule has 0 aliphatic carbocycles. The molecule has 0 aliphatic heterocycles. The van der Waals surface area contributed by atoms with E-state index in [9.17, 15) is 9.59 Å². The highest BCUT2D eigenvalue weighted by Gasteiger charge is 2.17. The molecular weight excluding hydrogens is 222 g/mol. The van der Waals surface area contributed by atoms with E-state index in [1.807, 2.05) is 0 Å². The molecule has 3 N–H and O–H groups in total. The molecule has 0 rings (SSSR count). The molecular formula is C11H23N3O3. The van der Waals surface area contributed by atoms with Crippen LogP contribution in [0.5, 0.6) is 0 Å². The highest BCUT2D eigenvalue weighted by Crippen LogP contribution is 2.07. The molecule has 0 saturated carbocycles. The molecule has 0 radical (unpaired) electrons. The molecule has 100 valence electrons. The second-order valence-corrected chi connectivity index (χ2v) is 4.77. The van der Waals surface area contributed by atoms with Crippen molar-refractivity contribution in [2.45, 2.75) is 52.1 Å². The lowest BCUT2D eigenvalue weighted by atomic mass is 10.2. The van der Waals surface area contributed by atoms with Crippen LogP contribution in [-0.4, -0.2) is 29.6 Å². The van der Waals surface area contributed by atoms with Gasteiger partial charge in [-0.25, -0.2) is 10.3 Å². The first-order chi connectivity index (χ1) is 7.89. The number of amides is 2. The molecule has 0 aliphatic rings. The fourth-order valence-electron chi connectivity index (χ4n) is 1.15. The molecule has 0 aromatic rings. The van der Waals surface area contributed by atoms with E-state index in [0.717, 1.165) is 24.4 Å². The smallest absolute Gasteiger partial charge is 0.254 e. The van der Waals surface area contributed by atoms with Crippen LogP contribution in [0, 0.1) is 0 Å². The van der Waals surface area contributed by atoms with Gasteiger partial charge in [-0.2, -0.15) is 0 Å². The van der Waals surface area contributed by atoms with Crippen molar-refractivity contribution in [3.63, 3.8) is 0 Å². The number of unbranched alkanes of at least 4 members (excludes halogenated alkanes) is 2. The molecule has 0 atom stereocenters. The van der Waals surface area contributed by atoms with E-state index in [1.165, 1.54) is 0 Å². The largest absolute Gasteiger partial charge is 0.330 e. The zero-order valence-electron chi connectivity index (χ0n) is 10.9. The fourth-order valence-corrected chi connectivity index (χ4v) is 1.15. The van der Waals surface area contributed by atoms with Gasteiger partial charge in [0.25, 0.3) is 6.41 Å². The summed E-state index contributed by atoms with van der Waals surface area (Å²) in [6.07, 6.45) is 3.36. The van der Waals surface area contributed by atoms with Crippen molar-refractivity contribution in [1.82, 2.24) is 10.6 Å². The SMILES string of the molecule is CC(C)(C)ON(C=O)NC(=O)CCCCCN. The van der Waals surface area contributed by atoms with Crippen LogP contribution in [0.15, 0.2) is 0 Å². The van der Waals surface area contributed by atoms with Gasteiger partial charge in [-0.1, -0.05) is 6.42 Å². The Balaban J connectivity index is 3.86. The number of hydrazine groups is 1. The minimum atomic E-state index is -0.534. The summed E-state index contributed by atoms with van der Waals surface area (Å²) < 4.78 is 0. The minimum Gasteiger partial charge on any atom is -0.330 e. The van der Waals surface area contributed by atoms with Gasteiger partial charge in [-0.3, -0.25) is 9.59 Å². The van der Waals surface area contributed by atoms with E-state index in [-0.39, 0.29) is 5.91 Å². The van der Waals surface area contributed by atoms with Crippen LogP contribution in [0.3, 0.4) is 0 Å². The Labute approximate surface area is 102 Å². The molecule has 0 unspecified atom stereocenters. The topological polar surface area (TPSA) is 84.7 Å². The minimum absolute atomic E-state index is 0.238. The number of nitrogens with two attached hydrogens (primary N) is 1. The Hall–Kier alpha value is -1.14. The van der Waals surface area contributed by atoms with E-state index in [0.29, 0.717) is 19.4 Å². The highest BCUT2D eigenvalue weighted by molar-refractivity contribution is 5.76. The standard InChI is InChI=1S/C11H23N3O3/c1-11(2,3)17-14(9-15)13-10(16)7-5-4-6-8-12/h9H,4-8,12H2,1-3H3,(H,13,16). The number of nitrogens with zero attached hydrogens (tertiary/aromatic N) is 1. The number of carbonyl (C=O) groups excluding carboxylic acids is 2. The van der Waals surface area contributed by atoms with Crippen molar-refractivity contribution in [3.8, 4) is 0 Å². The van der Waals surface area contributed by atoms with Gasteiger partial charge in [0.15, 0.2) is 0 Å². The maximum Gasteiger partial charge on any atom is 0.254 e.